The van der Waals surface area contributed by atoms with Gasteiger partial charge in [0.1, 0.15) is 0 Å². The summed E-state index contributed by atoms with van der Waals surface area (Å²) in [7, 11) is 0. The predicted octanol–water partition coefficient (Wildman–Crippen LogP) is 2.69. The van der Waals surface area contributed by atoms with Crippen LogP contribution in [0.5, 0.6) is 0 Å². The molecule has 0 aliphatic carbocycles. The van der Waals surface area contributed by atoms with Gasteiger partial charge in [0.2, 0.25) is 5.95 Å². The Labute approximate surface area is 104 Å². The molecule has 84 valence electrons. The van der Waals surface area contributed by atoms with Crippen molar-refractivity contribution < 1.29 is 4.39 Å². The number of hydrogen-bond donors (Lipinski definition) is 0. The summed E-state index contributed by atoms with van der Waals surface area (Å²) < 4.78 is 15.5. The van der Waals surface area contributed by atoms with Gasteiger partial charge in [-0.3, -0.25) is 0 Å². The number of pyridine rings is 2. The lowest BCUT2D eigenvalue weighted by Crippen LogP contribution is -1.87. The fourth-order valence-corrected chi connectivity index (χ4v) is 1.84. The quantitative estimate of drug-likeness (QED) is 0.648. The molecule has 0 aliphatic rings. The summed E-state index contributed by atoms with van der Waals surface area (Å²) in [5.74, 6) is -0.0630. The largest absolute Gasteiger partial charge is 0.228 e. The Bertz CT molecular complexity index is 695. The fraction of sp³-hybridized carbons (Fsp3) is 0. The third-order valence-electron chi connectivity index (χ3n) is 2.28. The minimum absolute atomic E-state index is 0.476. The van der Waals surface area contributed by atoms with Gasteiger partial charge in [-0.25, -0.2) is 14.5 Å². The van der Waals surface area contributed by atoms with E-state index in [0.717, 1.165) is 4.47 Å². The van der Waals surface area contributed by atoms with Crippen LogP contribution in [0.15, 0.2) is 41.1 Å². The summed E-state index contributed by atoms with van der Waals surface area (Å²) in [6, 6.07) is 6.68. The normalized spacial score (nSPS) is 10.9. The molecule has 0 N–H and O–H groups in total. The van der Waals surface area contributed by atoms with Crippen LogP contribution in [0.2, 0.25) is 0 Å². The van der Waals surface area contributed by atoms with Gasteiger partial charge >= 0.3 is 0 Å². The summed E-state index contributed by atoms with van der Waals surface area (Å²) in [5, 5.41) is 4.26. The third-order valence-corrected chi connectivity index (χ3v) is 2.78. The second-order valence-electron chi connectivity index (χ2n) is 3.45. The maximum Gasteiger partial charge on any atom is 0.213 e. The lowest BCUT2D eigenvalue weighted by Gasteiger charge is -1.92. The van der Waals surface area contributed by atoms with Crippen molar-refractivity contribution in [3.05, 3.63) is 47.1 Å². The molecule has 3 aromatic rings. The van der Waals surface area contributed by atoms with Crippen LogP contribution in [0.25, 0.3) is 17.0 Å². The van der Waals surface area contributed by atoms with E-state index in [2.05, 4.69) is 31.0 Å². The zero-order valence-electron chi connectivity index (χ0n) is 8.51. The monoisotopic (exact) mass is 292 g/mol. The second-order valence-corrected chi connectivity index (χ2v) is 4.37. The molecule has 0 radical (unpaired) electrons. The van der Waals surface area contributed by atoms with Gasteiger partial charge in [-0.05, 0) is 18.2 Å². The standard InChI is InChI=1S/C11H6BrFN4/c12-8-2-4-17-10(6-8)15-11(16-17)7-1-3-14-9(13)5-7/h1-6H. The van der Waals surface area contributed by atoms with E-state index in [1.54, 1.807) is 16.8 Å². The van der Waals surface area contributed by atoms with Gasteiger partial charge in [0.05, 0.1) is 0 Å². The lowest BCUT2D eigenvalue weighted by atomic mass is 10.2. The van der Waals surface area contributed by atoms with Crippen LogP contribution in [-0.4, -0.2) is 19.6 Å². The number of aromatic nitrogens is 4. The van der Waals surface area contributed by atoms with E-state index in [4.69, 9.17) is 0 Å². The van der Waals surface area contributed by atoms with Crippen LogP contribution in [-0.2, 0) is 0 Å². The van der Waals surface area contributed by atoms with Gasteiger partial charge in [0.25, 0.3) is 0 Å². The molecule has 3 rings (SSSR count). The molecule has 0 amide bonds. The zero-order valence-corrected chi connectivity index (χ0v) is 10.1. The molecule has 0 atom stereocenters. The van der Waals surface area contributed by atoms with Crippen LogP contribution >= 0.6 is 15.9 Å². The van der Waals surface area contributed by atoms with E-state index in [1.165, 1.54) is 12.3 Å². The molecule has 3 aromatic heterocycles. The number of nitrogens with zero attached hydrogens (tertiary/aromatic N) is 4. The molecule has 0 saturated heterocycles. The molecular weight excluding hydrogens is 287 g/mol. The molecule has 4 nitrogen and oxygen atoms in total. The van der Waals surface area contributed by atoms with Crippen LogP contribution in [0, 0.1) is 5.95 Å². The second kappa shape index (κ2) is 3.89. The smallest absolute Gasteiger partial charge is 0.213 e. The number of fused-ring (bicyclic) bond motifs is 1. The highest BCUT2D eigenvalue weighted by Crippen LogP contribution is 2.18. The van der Waals surface area contributed by atoms with Crippen LogP contribution < -0.4 is 0 Å². The molecule has 0 unspecified atom stereocenters. The molecule has 0 spiro atoms. The van der Waals surface area contributed by atoms with Crippen molar-refractivity contribution in [3.8, 4) is 11.4 Å². The SMILES string of the molecule is Fc1cc(-c2nc3cc(Br)ccn3n2)ccn1. The highest BCUT2D eigenvalue weighted by atomic mass is 79.9. The maximum absolute atomic E-state index is 13.0. The van der Waals surface area contributed by atoms with Crippen molar-refractivity contribution in [2.24, 2.45) is 0 Å². The van der Waals surface area contributed by atoms with Gasteiger partial charge in [-0.2, -0.15) is 4.39 Å². The van der Waals surface area contributed by atoms with E-state index >= 15 is 0 Å². The van der Waals surface area contributed by atoms with E-state index < -0.39 is 5.95 Å². The number of rotatable bonds is 1. The molecule has 0 aromatic carbocycles. The van der Waals surface area contributed by atoms with Crippen molar-refractivity contribution in [2.45, 2.75) is 0 Å². The van der Waals surface area contributed by atoms with Crippen molar-refractivity contribution in [1.29, 1.82) is 0 Å². The molecule has 17 heavy (non-hydrogen) atoms. The lowest BCUT2D eigenvalue weighted by molar-refractivity contribution is 0.584. The maximum atomic E-state index is 13.0. The Kier molecular flexibility index (Phi) is 2.36. The van der Waals surface area contributed by atoms with Gasteiger partial charge in [0, 0.05) is 28.5 Å². The van der Waals surface area contributed by atoms with Crippen molar-refractivity contribution in [1.82, 2.24) is 19.6 Å². The van der Waals surface area contributed by atoms with E-state index in [1.807, 2.05) is 12.1 Å². The first kappa shape index (κ1) is 10.3. The van der Waals surface area contributed by atoms with E-state index in [9.17, 15) is 4.39 Å². The molecular formula is C11H6BrFN4. The summed E-state index contributed by atoms with van der Waals surface area (Å²) in [4.78, 5) is 7.81. The first-order chi connectivity index (χ1) is 8.22. The summed E-state index contributed by atoms with van der Waals surface area (Å²) in [6.45, 7) is 0. The number of halogens is 2. The van der Waals surface area contributed by atoms with Gasteiger partial charge in [-0.15, -0.1) is 5.10 Å². The molecule has 0 fully saturated rings. The zero-order chi connectivity index (χ0) is 11.8. The van der Waals surface area contributed by atoms with Crippen LogP contribution in [0.3, 0.4) is 0 Å². The van der Waals surface area contributed by atoms with Gasteiger partial charge in [0.15, 0.2) is 11.5 Å². The Morgan fingerprint density at radius 2 is 2.12 bits per heavy atom. The first-order valence-electron chi connectivity index (χ1n) is 4.86. The minimum Gasteiger partial charge on any atom is -0.228 e. The Balaban J connectivity index is 2.18. The molecule has 3 heterocycles. The van der Waals surface area contributed by atoms with E-state index in [0.29, 0.717) is 17.0 Å². The molecule has 0 bridgehead atoms. The third kappa shape index (κ3) is 1.91. The topological polar surface area (TPSA) is 43.1 Å². The molecule has 0 saturated carbocycles. The van der Waals surface area contributed by atoms with Crippen molar-refractivity contribution >= 4 is 21.6 Å². The highest BCUT2D eigenvalue weighted by Gasteiger charge is 2.07. The Hall–Kier alpha value is -1.82. The predicted molar refractivity (Wildman–Crippen MR) is 63.9 cm³/mol. The van der Waals surface area contributed by atoms with Crippen molar-refractivity contribution in [2.75, 3.05) is 0 Å². The number of hydrogen-bond acceptors (Lipinski definition) is 3. The van der Waals surface area contributed by atoms with Crippen molar-refractivity contribution in [3.63, 3.8) is 0 Å². The Morgan fingerprint density at radius 3 is 2.94 bits per heavy atom. The minimum atomic E-state index is -0.539. The van der Waals surface area contributed by atoms with Crippen LogP contribution in [0.1, 0.15) is 0 Å². The first-order valence-corrected chi connectivity index (χ1v) is 5.65. The fourth-order valence-electron chi connectivity index (χ4n) is 1.52. The molecule has 0 aliphatic heterocycles. The van der Waals surface area contributed by atoms with E-state index in [-0.39, 0.29) is 0 Å². The summed E-state index contributed by atoms with van der Waals surface area (Å²) >= 11 is 3.36. The average molecular weight is 293 g/mol. The Morgan fingerprint density at radius 1 is 1.24 bits per heavy atom. The summed E-state index contributed by atoms with van der Waals surface area (Å²) in [6.07, 6.45) is 3.18. The van der Waals surface area contributed by atoms with Gasteiger partial charge < -0.3 is 0 Å². The molecule has 6 heteroatoms. The van der Waals surface area contributed by atoms with Gasteiger partial charge in [-0.1, -0.05) is 15.9 Å². The van der Waals surface area contributed by atoms with Crippen LogP contribution in [0.4, 0.5) is 4.39 Å². The highest BCUT2D eigenvalue weighted by molar-refractivity contribution is 9.10. The average Bonchev–Trinajstić information content (AvgIpc) is 2.72. The summed E-state index contributed by atoms with van der Waals surface area (Å²) in [5.41, 5.74) is 1.31.